The van der Waals surface area contributed by atoms with Crippen molar-refractivity contribution in [3.8, 4) is 0 Å². The van der Waals surface area contributed by atoms with Crippen molar-refractivity contribution in [2.45, 2.75) is 33.0 Å². The van der Waals surface area contributed by atoms with Gasteiger partial charge in [-0.3, -0.25) is 0 Å². The maximum Gasteiger partial charge on any atom is 0.0735 e. The molecule has 2 rings (SSSR count). The Morgan fingerprint density at radius 3 is 3.00 bits per heavy atom. The summed E-state index contributed by atoms with van der Waals surface area (Å²) in [5, 5.41) is 4.17. The van der Waals surface area contributed by atoms with E-state index in [-0.39, 0.29) is 0 Å². The van der Waals surface area contributed by atoms with E-state index in [0.29, 0.717) is 18.6 Å². The van der Waals surface area contributed by atoms with E-state index < -0.39 is 0 Å². The number of halogens is 1. The van der Waals surface area contributed by atoms with E-state index in [1.807, 2.05) is 13.0 Å². The predicted octanol–water partition coefficient (Wildman–Crippen LogP) is 3.16. The van der Waals surface area contributed by atoms with E-state index in [1.165, 1.54) is 12.0 Å². The highest BCUT2D eigenvalue weighted by atomic mass is 35.5. The lowest BCUT2D eigenvalue weighted by Crippen LogP contribution is -2.40. The van der Waals surface area contributed by atoms with Gasteiger partial charge in [-0.15, -0.1) is 0 Å². The number of hydrogen-bond donors (Lipinski definition) is 1. The molecular formula is C14H20ClNO. The summed E-state index contributed by atoms with van der Waals surface area (Å²) in [6.07, 6.45) is 1.49. The highest BCUT2D eigenvalue weighted by Gasteiger charge is 2.21. The second-order valence-corrected chi connectivity index (χ2v) is 5.32. The third kappa shape index (κ3) is 3.44. The van der Waals surface area contributed by atoms with Crippen LogP contribution in [0.15, 0.2) is 18.2 Å². The van der Waals surface area contributed by atoms with E-state index in [0.717, 1.165) is 23.7 Å². The fourth-order valence-electron chi connectivity index (χ4n) is 2.15. The largest absolute Gasteiger partial charge is 0.372 e. The molecule has 0 aromatic heterocycles. The molecule has 3 heteroatoms. The molecule has 2 atom stereocenters. The molecule has 2 unspecified atom stereocenters. The van der Waals surface area contributed by atoms with Gasteiger partial charge >= 0.3 is 0 Å². The lowest BCUT2D eigenvalue weighted by Gasteiger charge is -2.29. The van der Waals surface area contributed by atoms with Crippen LogP contribution in [0.2, 0.25) is 5.02 Å². The summed E-state index contributed by atoms with van der Waals surface area (Å²) < 4.78 is 5.96. The van der Waals surface area contributed by atoms with Gasteiger partial charge in [-0.1, -0.05) is 30.7 Å². The summed E-state index contributed by atoms with van der Waals surface area (Å²) in [7, 11) is 0. The first-order valence-electron chi connectivity index (χ1n) is 6.24. The Balaban J connectivity index is 1.92. The van der Waals surface area contributed by atoms with Crippen molar-refractivity contribution in [2.24, 2.45) is 5.92 Å². The zero-order valence-corrected chi connectivity index (χ0v) is 11.3. The standard InChI is InChI=1S/C14H20ClNO/c1-10-3-4-12(13(15)7-10)9-17-14-8-16-6-5-11(14)2/h3-4,7,11,14,16H,5-6,8-9H2,1-2H3. The van der Waals surface area contributed by atoms with Crippen LogP contribution in [0.25, 0.3) is 0 Å². The number of nitrogens with one attached hydrogen (secondary N) is 1. The summed E-state index contributed by atoms with van der Waals surface area (Å²) in [5.74, 6) is 0.625. The number of benzene rings is 1. The van der Waals surface area contributed by atoms with Crippen molar-refractivity contribution in [1.29, 1.82) is 0 Å². The summed E-state index contributed by atoms with van der Waals surface area (Å²) in [5.41, 5.74) is 2.27. The molecule has 0 aliphatic carbocycles. The van der Waals surface area contributed by atoms with Gasteiger partial charge in [0.05, 0.1) is 12.7 Å². The van der Waals surface area contributed by atoms with Crippen molar-refractivity contribution < 1.29 is 4.74 Å². The first kappa shape index (κ1) is 12.9. The van der Waals surface area contributed by atoms with Crippen LogP contribution in [0, 0.1) is 12.8 Å². The van der Waals surface area contributed by atoms with E-state index in [1.54, 1.807) is 0 Å². The van der Waals surface area contributed by atoms with Gasteiger partial charge in [0.1, 0.15) is 0 Å². The number of aryl methyl sites for hydroxylation is 1. The average molecular weight is 254 g/mol. The Kier molecular flexibility index (Phi) is 4.43. The molecule has 94 valence electrons. The molecule has 1 aliphatic rings. The van der Waals surface area contributed by atoms with E-state index >= 15 is 0 Å². The van der Waals surface area contributed by atoms with Gasteiger partial charge in [0, 0.05) is 11.6 Å². The number of hydrogen-bond acceptors (Lipinski definition) is 2. The van der Waals surface area contributed by atoms with Gasteiger partial charge in [0.2, 0.25) is 0 Å². The van der Waals surface area contributed by atoms with Crippen LogP contribution >= 0.6 is 11.6 Å². The summed E-state index contributed by atoms with van der Waals surface area (Å²) >= 11 is 6.19. The molecule has 0 radical (unpaired) electrons. The second kappa shape index (κ2) is 5.85. The molecule has 0 amide bonds. The quantitative estimate of drug-likeness (QED) is 0.894. The maximum atomic E-state index is 6.19. The van der Waals surface area contributed by atoms with Gasteiger partial charge in [0.25, 0.3) is 0 Å². The molecule has 1 aromatic rings. The molecule has 17 heavy (non-hydrogen) atoms. The number of rotatable bonds is 3. The summed E-state index contributed by atoms with van der Waals surface area (Å²) in [6, 6.07) is 6.12. The van der Waals surface area contributed by atoms with Crippen LogP contribution < -0.4 is 5.32 Å². The Morgan fingerprint density at radius 2 is 2.29 bits per heavy atom. The fraction of sp³-hybridized carbons (Fsp3) is 0.571. The highest BCUT2D eigenvalue weighted by molar-refractivity contribution is 6.31. The molecular weight excluding hydrogens is 234 g/mol. The maximum absolute atomic E-state index is 6.19. The van der Waals surface area contributed by atoms with Crippen LogP contribution in [-0.4, -0.2) is 19.2 Å². The molecule has 2 nitrogen and oxygen atoms in total. The minimum absolute atomic E-state index is 0.307. The minimum Gasteiger partial charge on any atom is -0.372 e. The smallest absolute Gasteiger partial charge is 0.0735 e. The highest BCUT2D eigenvalue weighted by Crippen LogP contribution is 2.21. The zero-order valence-electron chi connectivity index (χ0n) is 10.5. The Morgan fingerprint density at radius 1 is 1.47 bits per heavy atom. The predicted molar refractivity (Wildman–Crippen MR) is 71.4 cm³/mol. The van der Waals surface area contributed by atoms with Gasteiger partial charge in [-0.25, -0.2) is 0 Å². The molecule has 1 fully saturated rings. The Bertz CT molecular complexity index is 380. The van der Waals surface area contributed by atoms with E-state index in [4.69, 9.17) is 16.3 Å². The van der Waals surface area contributed by atoms with Crippen LogP contribution in [0.1, 0.15) is 24.5 Å². The van der Waals surface area contributed by atoms with Crippen LogP contribution in [-0.2, 0) is 11.3 Å². The third-order valence-electron chi connectivity index (χ3n) is 3.42. The molecule has 1 saturated heterocycles. The lowest BCUT2D eigenvalue weighted by molar-refractivity contribution is -0.00654. The lowest BCUT2D eigenvalue weighted by atomic mass is 9.97. The molecule has 1 heterocycles. The molecule has 0 saturated carbocycles. The van der Waals surface area contributed by atoms with Crippen LogP contribution in [0.3, 0.4) is 0 Å². The van der Waals surface area contributed by atoms with Gasteiger partial charge in [0.15, 0.2) is 0 Å². The fourth-order valence-corrected chi connectivity index (χ4v) is 2.44. The van der Waals surface area contributed by atoms with Crippen molar-refractivity contribution in [3.05, 3.63) is 34.3 Å². The Labute approximate surface area is 108 Å². The molecule has 1 aromatic carbocycles. The normalized spacial score (nSPS) is 24.9. The third-order valence-corrected chi connectivity index (χ3v) is 3.77. The Hall–Kier alpha value is -0.570. The van der Waals surface area contributed by atoms with Crippen molar-refractivity contribution in [3.63, 3.8) is 0 Å². The summed E-state index contributed by atoms with van der Waals surface area (Å²) in [4.78, 5) is 0. The number of ether oxygens (including phenoxy) is 1. The minimum atomic E-state index is 0.307. The molecule has 1 N–H and O–H groups in total. The van der Waals surface area contributed by atoms with Crippen LogP contribution in [0.4, 0.5) is 0 Å². The molecule has 1 aliphatic heterocycles. The van der Waals surface area contributed by atoms with E-state index in [2.05, 4.69) is 24.4 Å². The molecule has 0 bridgehead atoms. The molecule has 0 spiro atoms. The second-order valence-electron chi connectivity index (χ2n) is 4.91. The SMILES string of the molecule is Cc1ccc(COC2CNCCC2C)c(Cl)c1. The monoisotopic (exact) mass is 253 g/mol. The van der Waals surface area contributed by atoms with Crippen molar-refractivity contribution >= 4 is 11.6 Å². The zero-order chi connectivity index (χ0) is 12.3. The first-order chi connectivity index (χ1) is 8.16. The van der Waals surface area contributed by atoms with Crippen molar-refractivity contribution in [1.82, 2.24) is 5.32 Å². The van der Waals surface area contributed by atoms with Gasteiger partial charge in [-0.2, -0.15) is 0 Å². The average Bonchev–Trinajstić information content (AvgIpc) is 2.30. The summed E-state index contributed by atoms with van der Waals surface area (Å²) in [6.45, 7) is 6.96. The topological polar surface area (TPSA) is 21.3 Å². The first-order valence-corrected chi connectivity index (χ1v) is 6.62. The van der Waals surface area contributed by atoms with Crippen molar-refractivity contribution in [2.75, 3.05) is 13.1 Å². The van der Waals surface area contributed by atoms with E-state index in [9.17, 15) is 0 Å². The number of piperidine rings is 1. The van der Waals surface area contributed by atoms with Gasteiger partial charge in [-0.05, 0) is 43.0 Å². The van der Waals surface area contributed by atoms with Gasteiger partial charge < -0.3 is 10.1 Å². The van der Waals surface area contributed by atoms with Crippen LogP contribution in [0.5, 0.6) is 0 Å².